The van der Waals surface area contributed by atoms with E-state index in [1.165, 1.54) is 12.4 Å². The van der Waals surface area contributed by atoms with Gasteiger partial charge in [-0.2, -0.15) is 0 Å². The van der Waals surface area contributed by atoms with Crippen LogP contribution in [0.2, 0.25) is 0 Å². The van der Waals surface area contributed by atoms with Crippen molar-refractivity contribution in [3.63, 3.8) is 0 Å². The van der Waals surface area contributed by atoms with E-state index in [1.54, 1.807) is 43.0 Å². The molecule has 0 spiro atoms. The Kier molecular flexibility index (Phi) is 6.38. The second kappa shape index (κ2) is 9.13. The van der Waals surface area contributed by atoms with Crippen LogP contribution in [0.5, 0.6) is 0 Å². The van der Waals surface area contributed by atoms with E-state index in [0.717, 1.165) is 0 Å². The molecule has 0 radical (unpaired) electrons. The molecule has 1 aliphatic heterocycles. The van der Waals surface area contributed by atoms with Gasteiger partial charge in [0.1, 0.15) is 11.5 Å². The first-order valence-electron chi connectivity index (χ1n) is 9.39. The number of carbonyl (C=O) groups is 3. The van der Waals surface area contributed by atoms with Crippen molar-refractivity contribution in [1.82, 2.24) is 14.9 Å². The van der Waals surface area contributed by atoms with Gasteiger partial charge in [-0.25, -0.2) is 14.8 Å². The normalized spacial score (nSPS) is 13.7. The van der Waals surface area contributed by atoms with Crippen LogP contribution in [0.3, 0.4) is 0 Å². The number of benzene rings is 1. The SMILES string of the molecule is CCOC(=O)c1ccccc1NC(=O)c1cnc(N2CCN(C(C)=O)CC2)cn1. The molecule has 1 N–H and O–H groups in total. The van der Waals surface area contributed by atoms with Crippen molar-refractivity contribution in [2.45, 2.75) is 13.8 Å². The van der Waals surface area contributed by atoms with Gasteiger partial charge in [-0.3, -0.25) is 9.59 Å². The molecule has 0 unspecified atom stereocenters. The number of hydrogen-bond donors (Lipinski definition) is 1. The van der Waals surface area contributed by atoms with Crippen molar-refractivity contribution in [2.75, 3.05) is 43.0 Å². The van der Waals surface area contributed by atoms with E-state index in [1.807, 2.05) is 4.90 Å². The van der Waals surface area contributed by atoms with Crippen LogP contribution >= 0.6 is 0 Å². The fourth-order valence-corrected chi connectivity index (χ4v) is 3.02. The van der Waals surface area contributed by atoms with Gasteiger partial charge in [0.2, 0.25) is 5.91 Å². The van der Waals surface area contributed by atoms with Crippen LogP contribution in [0.1, 0.15) is 34.7 Å². The van der Waals surface area contributed by atoms with Gasteiger partial charge >= 0.3 is 5.97 Å². The van der Waals surface area contributed by atoms with Crippen molar-refractivity contribution in [3.8, 4) is 0 Å². The Bertz CT molecular complexity index is 892. The molecule has 9 nitrogen and oxygen atoms in total. The summed E-state index contributed by atoms with van der Waals surface area (Å²) in [5.41, 5.74) is 0.757. The lowest BCUT2D eigenvalue weighted by atomic mass is 10.1. The first-order chi connectivity index (χ1) is 14.0. The molecular formula is C20H23N5O4. The van der Waals surface area contributed by atoms with E-state index in [-0.39, 0.29) is 23.8 Å². The maximum Gasteiger partial charge on any atom is 0.340 e. The van der Waals surface area contributed by atoms with Crippen LogP contribution in [0.4, 0.5) is 11.5 Å². The van der Waals surface area contributed by atoms with Gasteiger partial charge in [-0.05, 0) is 19.1 Å². The number of carbonyl (C=O) groups excluding carboxylic acids is 3. The zero-order valence-corrected chi connectivity index (χ0v) is 16.4. The quantitative estimate of drug-likeness (QED) is 0.764. The lowest BCUT2D eigenvalue weighted by Crippen LogP contribution is -2.48. The summed E-state index contributed by atoms with van der Waals surface area (Å²) in [6.45, 7) is 6.10. The average molecular weight is 397 g/mol. The standard InChI is InChI=1S/C20H23N5O4/c1-3-29-20(28)15-6-4-5-7-16(15)23-19(27)17-12-22-18(13-21-17)25-10-8-24(9-11-25)14(2)26/h4-7,12-13H,3,8-11H2,1-2H3,(H,23,27). The number of hydrogen-bond acceptors (Lipinski definition) is 7. The molecule has 2 aromatic rings. The number of rotatable bonds is 5. The highest BCUT2D eigenvalue weighted by Gasteiger charge is 2.20. The number of amides is 2. The Labute approximate surface area is 168 Å². The first-order valence-corrected chi connectivity index (χ1v) is 9.39. The minimum atomic E-state index is -0.505. The summed E-state index contributed by atoms with van der Waals surface area (Å²) < 4.78 is 5.01. The van der Waals surface area contributed by atoms with Crippen molar-refractivity contribution in [1.29, 1.82) is 0 Å². The van der Waals surface area contributed by atoms with E-state index < -0.39 is 11.9 Å². The highest BCUT2D eigenvalue weighted by atomic mass is 16.5. The predicted octanol–water partition coefficient (Wildman–Crippen LogP) is 1.57. The number of para-hydroxylation sites is 1. The maximum absolute atomic E-state index is 12.5. The predicted molar refractivity (Wildman–Crippen MR) is 107 cm³/mol. The molecule has 29 heavy (non-hydrogen) atoms. The maximum atomic E-state index is 12.5. The fraction of sp³-hybridized carbons (Fsp3) is 0.350. The first kappa shape index (κ1) is 20.2. The second-order valence-electron chi connectivity index (χ2n) is 6.47. The Morgan fingerprint density at radius 2 is 1.79 bits per heavy atom. The summed E-state index contributed by atoms with van der Waals surface area (Å²) in [5.74, 6) is -0.265. The molecule has 3 rings (SSSR count). The smallest absolute Gasteiger partial charge is 0.340 e. The molecule has 2 heterocycles. The second-order valence-corrected chi connectivity index (χ2v) is 6.47. The molecule has 9 heteroatoms. The zero-order chi connectivity index (χ0) is 20.8. The highest BCUT2D eigenvalue weighted by molar-refractivity contribution is 6.07. The largest absolute Gasteiger partial charge is 0.462 e. The van der Waals surface area contributed by atoms with Gasteiger partial charge < -0.3 is 19.9 Å². The summed E-state index contributed by atoms with van der Waals surface area (Å²) in [4.78, 5) is 48.3. The lowest BCUT2D eigenvalue weighted by molar-refractivity contribution is -0.129. The van der Waals surface area contributed by atoms with Crippen molar-refractivity contribution >= 4 is 29.3 Å². The van der Waals surface area contributed by atoms with E-state index in [0.29, 0.717) is 37.7 Å². The molecule has 1 fully saturated rings. The van der Waals surface area contributed by atoms with Crippen LogP contribution in [0.15, 0.2) is 36.7 Å². The third-order valence-corrected chi connectivity index (χ3v) is 4.59. The van der Waals surface area contributed by atoms with Crippen LogP contribution in [0.25, 0.3) is 0 Å². The zero-order valence-electron chi connectivity index (χ0n) is 16.4. The van der Waals surface area contributed by atoms with Crippen molar-refractivity contribution in [2.24, 2.45) is 0 Å². The van der Waals surface area contributed by atoms with E-state index in [9.17, 15) is 14.4 Å². The van der Waals surface area contributed by atoms with E-state index >= 15 is 0 Å². The Morgan fingerprint density at radius 1 is 1.07 bits per heavy atom. The topological polar surface area (TPSA) is 105 Å². The number of ether oxygens (including phenoxy) is 1. The number of anilines is 2. The van der Waals surface area contributed by atoms with Crippen LogP contribution in [-0.4, -0.2) is 65.4 Å². The number of nitrogens with one attached hydrogen (secondary N) is 1. The summed E-state index contributed by atoms with van der Waals surface area (Å²) in [7, 11) is 0. The average Bonchev–Trinajstić information content (AvgIpc) is 2.74. The number of nitrogens with zero attached hydrogens (tertiary/aromatic N) is 4. The Morgan fingerprint density at radius 3 is 2.41 bits per heavy atom. The molecule has 1 saturated heterocycles. The molecule has 0 aliphatic carbocycles. The summed E-state index contributed by atoms with van der Waals surface area (Å²) in [6.07, 6.45) is 2.94. The van der Waals surface area contributed by atoms with Crippen LogP contribution in [-0.2, 0) is 9.53 Å². The molecule has 152 valence electrons. The number of esters is 1. The van der Waals surface area contributed by atoms with Gasteiger partial charge in [-0.1, -0.05) is 12.1 Å². The minimum absolute atomic E-state index is 0.0610. The van der Waals surface area contributed by atoms with Gasteiger partial charge in [0, 0.05) is 33.1 Å². The molecule has 0 bridgehead atoms. The summed E-state index contributed by atoms with van der Waals surface area (Å²) in [5, 5.41) is 2.68. The van der Waals surface area contributed by atoms with Crippen LogP contribution < -0.4 is 10.2 Å². The summed E-state index contributed by atoms with van der Waals surface area (Å²) >= 11 is 0. The van der Waals surface area contributed by atoms with E-state index in [2.05, 4.69) is 15.3 Å². The van der Waals surface area contributed by atoms with Gasteiger partial charge in [0.05, 0.1) is 30.3 Å². The molecule has 1 aliphatic rings. The molecule has 0 saturated carbocycles. The minimum Gasteiger partial charge on any atom is -0.462 e. The van der Waals surface area contributed by atoms with E-state index in [4.69, 9.17) is 4.74 Å². The fourth-order valence-electron chi connectivity index (χ4n) is 3.02. The Balaban J connectivity index is 1.66. The van der Waals surface area contributed by atoms with Gasteiger partial charge in [0.15, 0.2) is 0 Å². The van der Waals surface area contributed by atoms with Crippen molar-refractivity contribution in [3.05, 3.63) is 47.9 Å². The third-order valence-electron chi connectivity index (χ3n) is 4.59. The lowest BCUT2D eigenvalue weighted by Gasteiger charge is -2.34. The molecule has 2 amide bonds. The van der Waals surface area contributed by atoms with Crippen LogP contribution in [0, 0.1) is 0 Å². The molecular weight excluding hydrogens is 374 g/mol. The third kappa shape index (κ3) is 4.87. The highest BCUT2D eigenvalue weighted by Crippen LogP contribution is 2.18. The molecule has 0 atom stereocenters. The number of piperazine rings is 1. The molecule has 1 aromatic carbocycles. The van der Waals surface area contributed by atoms with Crippen molar-refractivity contribution < 1.29 is 19.1 Å². The number of aromatic nitrogens is 2. The van der Waals surface area contributed by atoms with Gasteiger partial charge in [0.25, 0.3) is 5.91 Å². The summed E-state index contributed by atoms with van der Waals surface area (Å²) in [6, 6.07) is 6.62. The Hall–Kier alpha value is -3.49. The van der Waals surface area contributed by atoms with Gasteiger partial charge in [-0.15, -0.1) is 0 Å². The monoisotopic (exact) mass is 397 g/mol. The molecule has 1 aromatic heterocycles.